The average molecular weight is 212 g/mol. The Morgan fingerprint density at radius 2 is 2.00 bits per heavy atom. The molecule has 2 amide bonds. The van der Waals surface area contributed by atoms with Crippen LogP contribution in [0.15, 0.2) is 0 Å². The molecule has 1 aliphatic rings. The fourth-order valence-corrected chi connectivity index (χ4v) is 1.64. The fourth-order valence-electron chi connectivity index (χ4n) is 1.64. The monoisotopic (exact) mass is 212 g/mol. The summed E-state index contributed by atoms with van der Waals surface area (Å²) in [6.07, 6.45) is 0.880. The normalized spacial score (nSPS) is 27.5. The number of hydrogen-bond donors (Lipinski definition) is 1. The maximum absolute atomic E-state index is 12.0. The van der Waals surface area contributed by atoms with E-state index in [-0.39, 0.29) is 23.8 Å². The van der Waals surface area contributed by atoms with E-state index in [1.807, 2.05) is 13.8 Å². The maximum atomic E-state index is 12.0. The van der Waals surface area contributed by atoms with E-state index < -0.39 is 5.54 Å². The van der Waals surface area contributed by atoms with E-state index in [4.69, 9.17) is 0 Å². The molecular formula is C11H20N2O2. The minimum absolute atomic E-state index is 0.00829. The van der Waals surface area contributed by atoms with Crippen LogP contribution in [0.25, 0.3) is 0 Å². The highest BCUT2D eigenvalue weighted by Crippen LogP contribution is 2.22. The molecule has 0 aromatic heterocycles. The Bertz CT molecular complexity index is 286. The quantitative estimate of drug-likeness (QED) is 0.735. The van der Waals surface area contributed by atoms with Gasteiger partial charge in [-0.05, 0) is 19.8 Å². The van der Waals surface area contributed by atoms with Crippen LogP contribution in [0.5, 0.6) is 0 Å². The van der Waals surface area contributed by atoms with Gasteiger partial charge in [0.15, 0.2) is 0 Å². The molecule has 0 bridgehead atoms. The second-order valence-corrected chi connectivity index (χ2v) is 4.79. The van der Waals surface area contributed by atoms with Crippen LogP contribution < -0.4 is 5.32 Å². The lowest BCUT2D eigenvalue weighted by Crippen LogP contribution is -2.68. The fraction of sp³-hybridized carbons (Fsp3) is 0.818. The third-order valence-corrected chi connectivity index (χ3v) is 3.49. The van der Waals surface area contributed by atoms with E-state index in [1.165, 1.54) is 0 Å². The zero-order valence-corrected chi connectivity index (χ0v) is 10.1. The Kier molecular flexibility index (Phi) is 3.07. The lowest BCUT2D eigenvalue weighted by atomic mass is 9.90. The van der Waals surface area contributed by atoms with Crippen molar-refractivity contribution in [1.29, 1.82) is 0 Å². The third kappa shape index (κ3) is 1.85. The second kappa shape index (κ2) is 3.83. The number of likely N-dealkylation sites (N-methyl/N-ethyl adjacent to an activating group) is 1. The number of piperazine rings is 1. The van der Waals surface area contributed by atoms with E-state index in [2.05, 4.69) is 5.32 Å². The first-order valence-corrected chi connectivity index (χ1v) is 5.41. The molecule has 2 atom stereocenters. The number of rotatable bonds is 2. The summed E-state index contributed by atoms with van der Waals surface area (Å²) in [6.45, 7) is 7.51. The predicted octanol–water partition coefficient (Wildman–Crippen LogP) is 0.768. The molecule has 1 heterocycles. The highest BCUT2D eigenvalue weighted by molar-refractivity contribution is 5.99. The highest BCUT2D eigenvalue weighted by Gasteiger charge is 2.45. The summed E-state index contributed by atoms with van der Waals surface area (Å²) in [5, 5.41) is 2.81. The van der Waals surface area contributed by atoms with Crippen molar-refractivity contribution in [3.05, 3.63) is 0 Å². The largest absolute Gasteiger partial charge is 0.342 e. The van der Waals surface area contributed by atoms with E-state index >= 15 is 0 Å². The van der Waals surface area contributed by atoms with Gasteiger partial charge < -0.3 is 10.2 Å². The van der Waals surface area contributed by atoms with E-state index in [0.29, 0.717) is 0 Å². The van der Waals surface area contributed by atoms with Gasteiger partial charge in [0.2, 0.25) is 11.8 Å². The molecular weight excluding hydrogens is 192 g/mol. The number of carbonyl (C=O) groups is 2. The average Bonchev–Trinajstić information content (AvgIpc) is 2.20. The summed E-state index contributed by atoms with van der Waals surface area (Å²) in [5.41, 5.74) is -0.735. The topological polar surface area (TPSA) is 49.4 Å². The first-order chi connectivity index (χ1) is 6.82. The van der Waals surface area contributed by atoms with Gasteiger partial charge in [-0.1, -0.05) is 20.3 Å². The van der Waals surface area contributed by atoms with Crippen LogP contribution >= 0.6 is 0 Å². The van der Waals surface area contributed by atoms with Gasteiger partial charge >= 0.3 is 0 Å². The van der Waals surface area contributed by atoms with Gasteiger partial charge in [0.05, 0.1) is 0 Å². The van der Waals surface area contributed by atoms with E-state index in [0.717, 1.165) is 6.42 Å². The lowest BCUT2D eigenvalue weighted by molar-refractivity contribution is -0.154. The lowest BCUT2D eigenvalue weighted by Gasteiger charge is -2.43. The van der Waals surface area contributed by atoms with Crippen molar-refractivity contribution in [1.82, 2.24) is 10.2 Å². The minimum atomic E-state index is -0.735. The van der Waals surface area contributed by atoms with Crippen molar-refractivity contribution in [2.75, 3.05) is 7.05 Å². The molecule has 4 nitrogen and oxygen atoms in total. The van der Waals surface area contributed by atoms with Gasteiger partial charge in [-0.15, -0.1) is 0 Å². The van der Waals surface area contributed by atoms with Crippen LogP contribution in [0.2, 0.25) is 0 Å². The van der Waals surface area contributed by atoms with Gasteiger partial charge in [-0.25, -0.2) is 0 Å². The third-order valence-electron chi connectivity index (χ3n) is 3.49. The molecule has 0 spiro atoms. The molecule has 1 rings (SSSR count). The van der Waals surface area contributed by atoms with Crippen molar-refractivity contribution in [2.24, 2.45) is 5.92 Å². The number of nitrogens with zero attached hydrogens (tertiary/aromatic N) is 1. The zero-order chi connectivity index (χ0) is 11.8. The summed E-state index contributed by atoms with van der Waals surface area (Å²) in [7, 11) is 1.69. The molecule has 1 N–H and O–H groups in total. The van der Waals surface area contributed by atoms with Crippen LogP contribution in [0.4, 0.5) is 0 Å². The van der Waals surface area contributed by atoms with Crippen LogP contribution in [-0.4, -0.2) is 35.3 Å². The van der Waals surface area contributed by atoms with E-state index in [9.17, 15) is 9.59 Å². The van der Waals surface area contributed by atoms with E-state index in [1.54, 1.807) is 25.8 Å². The molecule has 0 aromatic rings. The summed E-state index contributed by atoms with van der Waals surface area (Å²) in [5.74, 6) is 0.115. The van der Waals surface area contributed by atoms with Crippen molar-refractivity contribution >= 4 is 11.8 Å². The second-order valence-electron chi connectivity index (χ2n) is 4.79. The van der Waals surface area contributed by atoms with Gasteiger partial charge in [-0.3, -0.25) is 9.59 Å². The smallest absolute Gasteiger partial charge is 0.246 e. The Morgan fingerprint density at radius 1 is 1.47 bits per heavy atom. The number of carbonyl (C=O) groups excluding carboxylic acids is 2. The molecule has 2 unspecified atom stereocenters. The molecule has 1 saturated heterocycles. The Balaban J connectivity index is 2.93. The Morgan fingerprint density at radius 3 is 2.47 bits per heavy atom. The predicted molar refractivity (Wildman–Crippen MR) is 58.2 cm³/mol. The van der Waals surface area contributed by atoms with Crippen molar-refractivity contribution in [3.63, 3.8) is 0 Å². The maximum Gasteiger partial charge on any atom is 0.246 e. The van der Waals surface area contributed by atoms with Crippen molar-refractivity contribution in [2.45, 2.75) is 45.7 Å². The minimum Gasteiger partial charge on any atom is -0.342 e. The molecule has 1 aliphatic heterocycles. The molecule has 4 heteroatoms. The van der Waals surface area contributed by atoms with Crippen LogP contribution in [0.1, 0.15) is 34.1 Å². The summed E-state index contributed by atoms with van der Waals surface area (Å²) in [6, 6.07) is -0.361. The number of amides is 2. The first-order valence-electron chi connectivity index (χ1n) is 5.41. The van der Waals surface area contributed by atoms with Gasteiger partial charge in [0, 0.05) is 7.05 Å². The zero-order valence-electron chi connectivity index (χ0n) is 10.1. The number of hydrogen-bond acceptors (Lipinski definition) is 2. The standard InChI is InChI=1S/C11H20N2O2/c1-6-7(2)8-9(14)13(5)11(3,4)10(15)12-8/h7-8H,6H2,1-5H3,(H,12,15). The summed E-state index contributed by atoms with van der Waals surface area (Å²) in [4.78, 5) is 25.3. The van der Waals surface area contributed by atoms with Gasteiger partial charge in [0.1, 0.15) is 11.6 Å². The number of nitrogens with one attached hydrogen (secondary N) is 1. The van der Waals surface area contributed by atoms with Crippen LogP contribution in [-0.2, 0) is 9.59 Å². The van der Waals surface area contributed by atoms with Crippen LogP contribution in [0.3, 0.4) is 0 Å². The summed E-state index contributed by atoms with van der Waals surface area (Å²) < 4.78 is 0. The molecule has 0 saturated carbocycles. The summed E-state index contributed by atoms with van der Waals surface area (Å²) >= 11 is 0. The van der Waals surface area contributed by atoms with Gasteiger partial charge in [-0.2, -0.15) is 0 Å². The SMILES string of the molecule is CCC(C)C1NC(=O)C(C)(C)N(C)C1=O. The van der Waals surface area contributed by atoms with Gasteiger partial charge in [0.25, 0.3) is 0 Å². The van der Waals surface area contributed by atoms with Crippen molar-refractivity contribution < 1.29 is 9.59 Å². The Labute approximate surface area is 91.0 Å². The first kappa shape index (κ1) is 12.0. The molecule has 86 valence electrons. The molecule has 0 aromatic carbocycles. The molecule has 0 radical (unpaired) electrons. The highest BCUT2D eigenvalue weighted by atomic mass is 16.2. The van der Waals surface area contributed by atoms with Crippen LogP contribution in [0, 0.1) is 5.92 Å². The molecule has 1 fully saturated rings. The molecule has 15 heavy (non-hydrogen) atoms. The molecule has 0 aliphatic carbocycles. The van der Waals surface area contributed by atoms with Crippen molar-refractivity contribution in [3.8, 4) is 0 Å². The Hall–Kier alpha value is -1.06.